The third-order valence-electron chi connectivity index (χ3n) is 2.85. The zero-order valence-corrected chi connectivity index (χ0v) is 12.5. The third kappa shape index (κ3) is 3.61. The van der Waals surface area contributed by atoms with E-state index >= 15 is 0 Å². The van der Waals surface area contributed by atoms with Gasteiger partial charge >= 0.3 is 0 Å². The molecule has 2 aromatic carbocycles. The van der Waals surface area contributed by atoms with Crippen molar-refractivity contribution in [3.8, 4) is 11.5 Å². The van der Waals surface area contributed by atoms with Crippen molar-refractivity contribution < 1.29 is 18.3 Å². The van der Waals surface area contributed by atoms with E-state index in [-0.39, 0.29) is 10.6 Å². The maximum absolute atomic E-state index is 11.5. The molecule has 0 heterocycles. The number of aliphatic imine (C=N–C) groups is 1. The largest absolute Gasteiger partial charge is 0.504 e. The Bertz CT molecular complexity index is 782. The second kappa shape index (κ2) is 5.97. The van der Waals surface area contributed by atoms with Gasteiger partial charge in [-0.3, -0.25) is 4.99 Å². The molecule has 0 fully saturated rings. The van der Waals surface area contributed by atoms with Gasteiger partial charge in [-0.2, -0.15) is 0 Å². The van der Waals surface area contributed by atoms with Crippen molar-refractivity contribution in [3.63, 3.8) is 0 Å². The van der Waals surface area contributed by atoms with Crippen LogP contribution in [0, 0.1) is 0 Å². The Labute approximate surface area is 123 Å². The van der Waals surface area contributed by atoms with Crippen molar-refractivity contribution in [3.05, 3.63) is 48.0 Å². The highest BCUT2D eigenvalue weighted by Crippen LogP contribution is 2.28. The van der Waals surface area contributed by atoms with Crippen LogP contribution in [0.3, 0.4) is 0 Å². The maximum atomic E-state index is 11.5. The van der Waals surface area contributed by atoms with Gasteiger partial charge in [0.05, 0.1) is 17.7 Å². The zero-order valence-electron chi connectivity index (χ0n) is 11.6. The van der Waals surface area contributed by atoms with Crippen molar-refractivity contribution in [1.29, 1.82) is 0 Å². The molecule has 0 atom stereocenters. The Hall–Kier alpha value is -2.34. The highest BCUT2D eigenvalue weighted by Gasteiger charge is 2.07. The number of rotatable bonds is 4. The molecule has 1 N–H and O–H groups in total. The molecule has 0 radical (unpaired) electrons. The lowest BCUT2D eigenvalue weighted by atomic mass is 10.2. The van der Waals surface area contributed by atoms with E-state index in [2.05, 4.69) is 4.99 Å². The van der Waals surface area contributed by atoms with Gasteiger partial charge in [-0.25, -0.2) is 8.42 Å². The average molecular weight is 305 g/mol. The van der Waals surface area contributed by atoms with Gasteiger partial charge in [0.2, 0.25) is 0 Å². The molecule has 0 aromatic heterocycles. The minimum absolute atomic E-state index is 0.0111. The number of phenols is 1. The Morgan fingerprint density at radius 3 is 2.57 bits per heavy atom. The molecule has 0 saturated heterocycles. The van der Waals surface area contributed by atoms with Gasteiger partial charge in [0.25, 0.3) is 0 Å². The molecule has 0 spiro atoms. The van der Waals surface area contributed by atoms with Crippen LogP contribution in [-0.4, -0.2) is 33.1 Å². The van der Waals surface area contributed by atoms with Crippen LogP contribution < -0.4 is 4.74 Å². The van der Waals surface area contributed by atoms with Crippen LogP contribution in [0.2, 0.25) is 0 Å². The molecular weight excluding hydrogens is 290 g/mol. The molecule has 0 aliphatic rings. The first-order valence-electron chi connectivity index (χ1n) is 6.12. The minimum Gasteiger partial charge on any atom is -0.504 e. The van der Waals surface area contributed by atoms with Gasteiger partial charge in [-0.1, -0.05) is 12.1 Å². The quantitative estimate of drug-likeness (QED) is 0.881. The van der Waals surface area contributed by atoms with Crippen molar-refractivity contribution in [2.45, 2.75) is 4.90 Å². The highest BCUT2D eigenvalue weighted by molar-refractivity contribution is 7.90. The topological polar surface area (TPSA) is 76.0 Å². The van der Waals surface area contributed by atoms with Gasteiger partial charge in [-0.15, -0.1) is 0 Å². The molecule has 2 rings (SSSR count). The molecule has 0 aliphatic carbocycles. The standard InChI is InChI=1S/C15H15NO4S/c1-20-14-8-3-5-11(15(14)17)10-16-12-6-4-7-13(9-12)21(2,18)19/h3-10,17H,1-2H3. The smallest absolute Gasteiger partial charge is 0.175 e. The van der Waals surface area contributed by atoms with Gasteiger partial charge in [0.1, 0.15) is 0 Å². The van der Waals surface area contributed by atoms with E-state index in [1.807, 2.05) is 0 Å². The number of phenolic OH excluding ortho intramolecular Hbond substituents is 1. The van der Waals surface area contributed by atoms with Crippen molar-refractivity contribution in [2.24, 2.45) is 4.99 Å². The third-order valence-corrected chi connectivity index (χ3v) is 3.96. The van der Waals surface area contributed by atoms with Gasteiger partial charge in [0.15, 0.2) is 21.3 Å². The van der Waals surface area contributed by atoms with E-state index in [9.17, 15) is 13.5 Å². The Kier molecular flexibility index (Phi) is 4.28. The number of benzene rings is 2. The van der Waals surface area contributed by atoms with Crippen LogP contribution in [0.4, 0.5) is 5.69 Å². The SMILES string of the molecule is COc1cccc(C=Nc2cccc(S(C)(=O)=O)c2)c1O. The summed E-state index contributed by atoms with van der Waals surface area (Å²) in [5.41, 5.74) is 0.972. The second-order valence-electron chi connectivity index (χ2n) is 4.43. The normalized spacial score (nSPS) is 11.7. The number of hydrogen-bond acceptors (Lipinski definition) is 5. The van der Waals surface area contributed by atoms with Gasteiger partial charge < -0.3 is 9.84 Å². The van der Waals surface area contributed by atoms with Crippen LogP contribution in [0.25, 0.3) is 0 Å². The molecule has 5 nitrogen and oxygen atoms in total. The Morgan fingerprint density at radius 1 is 1.19 bits per heavy atom. The summed E-state index contributed by atoms with van der Waals surface area (Å²) in [6.07, 6.45) is 2.60. The predicted molar refractivity (Wildman–Crippen MR) is 81.5 cm³/mol. The number of methoxy groups -OCH3 is 1. The summed E-state index contributed by atoms with van der Waals surface area (Å²) < 4.78 is 28.0. The number of hydrogen-bond donors (Lipinski definition) is 1. The second-order valence-corrected chi connectivity index (χ2v) is 6.44. The number of para-hydroxylation sites is 1. The average Bonchev–Trinajstić information content (AvgIpc) is 2.45. The summed E-state index contributed by atoms with van der Waals surface area (Å²) >= 11 is 0. The summed E-state index contributed by atoms with van der Waals surface area (Å²) in [6, 6.07) is 11.3. The summed E-state index contributed by atoms with van der Waals surface area (Å²) in [5, 5.41) is 9.94. The van der Waals surface area contributed by atoms with Crippen LogP contribution in [0.5, 0.6) is 11.5 Å². The van der Waals surface area contributed by atoms with E-state index in [0.29, 0.717) is 17.0 Å². The molecule has 0 saturated carbocycles. The van der Waals surface area contributed by atoms with Crippen molar-refractivity contribution in [2.75, 3.05) is 13.4 Å². The van der Waals surface area contributed by atoms with E-state index < -0.39 is 9.84 Å². The van der Waals surface area contributed by atoms with E-state index in [1.54, 1.807) is 30.3 Å². The van der Waals surface area contributed by atoms with Crippen molar-refractivity contribution >= 4 is 21.7 Å². The molecule has 0 aliphatic heterocycles. The molecular formula is C15H15NO4S. The number of aromatic hydroxyl groups is 1. The van der Waals surface area contributed by atoms with E-state index in [0.717, 1.165) is 6.26 Å². The van der Waals surface area contributed by atoms with Crippen LogP contribution in [-0.2, 0) is 9.84 Å². The lowest BCUT2D eigenvalue weighted by Crippen LogP contribution is -1.95. The summed E-state index contributed by atoms with van der Waals surface area (Å²) in [6.45, 7) is 0. The predicted octanol–water partition coefficient (Wildman–Crippen LogP) is 2.55. The maximum Gasteiger partial charge on any atom is 0.175 e. The summed E-state index contributed by atoms with van der Waals surface area (Å²) in [4.78, 5) is 4.38. The molecule has 0 bridgehead atoms. The number of ether oxygens (including phenoxy) is 1. The van der Waals surface area contributed by atoms with Crippen LogP contribution in [0.1, 0.15) is 5.56 Å². The Balaban J connectivity index is 2.34. The number of nitrogens with zero attached hydrogens (tertiary/aromatic N) is 1. The first-order valence-corrected chi connectivity index (χ1v) is 8.01. The van der Waals surface area contributed by atoms with E-state index in [4.69, 9.17) is 4.74 Å². The van der Waals surface area contributed by atoms with Crippen LogP contribution in [0.15, 0.2) is 52.4 Å². The molecule has 0 unspecified atom stereocenters. The Morgan fingerprint density at radius 2 is 1.90 bits per heavy atom. The summed E-state index contributed by atoms with van der Waals surface area (Å²) in [7, 11) is -1.81. The first-order chi connectivity index (χ1) is 9.91. The molecule has 110 valence electrons. The summed E-state index contributed by atoms with van der Waals surface area (Å²) in [5.74, 6) is 0.340. The lowest BCUT2D eigenvalue weighted by Gasteiger charge is -2.05. The van der Waals surface area contributed by atoms with Gasteiger partial charge in [0, 0.05) is 18.0 Å². The van der Waals surface area contributed by atoms with Crippen LogP contribution >= 0.6 is 0 Å². The molecule has 2 aromatic rings. The minimum atomic E-state index is -3.27. The van der Waals surface area contributed by atoms with Crippen molar-refractivity contribution in [1.82, 2.24) is 0 Å². The molecule has 0 amide bonds. The highest BCUT2D eigenvalue weighted by atomic mass is 32.2. The zero-order chi connectivity index (χ0) is 15.5. The first kappa shape index (κ1) is 15.1. The lowest BCUT2D eigenvalue weighted by molar-refractivity contribution is 0.373. The molecule has 21 heavy (non-hydrogen) atoms. The fourth-order valence-electron chi connectivity index (χ4n) is 1.75. The fourth-order valence-corrected chi connectivity index (χ4v) is 2.41. The number of sulfone groups is 1. The fraction of sp³-hybridized carbons (Fsp3) is 0.133. The van der Waals surface area contributed by atoms with E-state index in [1.165, 1.54) is 25.5 Å². The molecule has 6 heteroatoms. The van der Waals surface area contributed by atoms with Gasteiger partial charge in [-0.05, 0) is 30.3 Å². The monoisotopic (exact) mass is 305 g/mol.